The largest absolute Gasteiger partial charge is 0.451 e. The summed E-state index contributed by atoms with van der Waals surface area (Å²) in [6.07, 6.45) is 2.63. The van der Waals surface area contributed by atoms with Gasteiger partial charge in [-0.15, -0.1) is 0 Å². The maximum Gasteiger partial charge on any atom is 0.361 e. The number of benzene rings is 2. The molecule has 1 saturated heterocycles. The number of piperazine rings is 1. The molecule has 0 spiro atoms. The molecular formula is C21H21N5O5S. The molecule has 1 aliphatic rings. The van der Waals surface area contributed by atoms with E-state index in [2.05, 4.69) is 9.97 Å². The number of sulfonamides is 1. The van der Waals surface area contributed by atoms with Crippen LogP contribution in [0.4, 0.5) is 5.82 Å². The van der Waals surface area contributed by atoms with Crippen LogP contribution in [0.5, 0.6) is 0 Å². The van der Waals surface area contributed by atoms with Gasteiger partial charge in [-0.25, -0.2) is 23.2 Å². The molecule has 11 heteroatoms. The second-order valence-corrected chi connectivity index (χ2v) is 9.10. The Bertz CT molecular complexity index is 1270. The first-order valence-electron chi connectivity index (χ1n) is 9.86. The summed E-state index contributed by atoms with van der Waals surface area (Å²) < 4.78 is 32.4. The average Bonchev–Trinajstić information content (AvgIpc) is 2.82. The van der Waals surface area contributed by atoms with Crippen molar-refractivity contribution in [3.05, 3.63) is 60.6 Å². The molecule has 166 valence electrons. The number of hydrogen-bond acceptors (Lipinski definition) is 8. The van der Waals surface area contributed by atoms with Gasteiger partial charge in [-0.2, -0.15) is 4.31 Å². The van der Waals surface area contributed by atoms with Crippen molar-refractivity contribution < 1.29 is 22.7 Å². The fourth-order valence-electron chi connectivity index (χ4n) is 3.45. The van der Waals surface area contributed by atoms with Crippen molar-refractivity contribution in [2.45, 2.75) is 4.90 Å². The zero-order chi connectivity index (χ0) is 22.7. The zero-order valence-corrected chi connectivity index (χ0v) is 17.9. The van der Waals surface area contributed by atoms with Gasteiger partial charge in [0, 0.05) is 38.6 Å². The van der Waals surface area contributed by atoms with Gasteiger partial charge < -0.3 is 15.4 Å². The number of nitrogens with two attached hydrogens (primary N) is 1. The number of esters is 1. The Balaban J connectivity index is 1.35. The fourth-order valence-corrected chi connectivity index (χ4v) is 4.91. The topological polar surface area (TPSA) is 136 Å². The number of fused-ring (bicyclic) bond motifs is 1. The molecule has 0 atom stereocenters. The van der Waals surface area contributed by atoms with Crippen molar-refractivity contribution in [2.75, 3.05) is 38.5 Å². The summed E-state index contributed by atoms with van der Waals surface area (Å²) in [6.45, 7) is 0.178. The van der Waals surface area contributed by atoms with Crippen molar-refractivity contribution in [2.24, 2.45) is 0 Å². The summed E-state index contributed by atoms with van der Waals surface area (Å²) in [5, 5.41) is 1.80. The second kappa shape index (κ2) is 8.89. The SMILES string of the molecule is Nc1nccnc1C(=O)OCC(=O)N1CCN(S(=O)(=O)c2ccc3ccccc3c2)CC1. The van der Waals surface area contributed by atoms with Crippen molar-refractivity contribution in [3.63, 3.8) is 0 Å². The van der Waals surface area contributed by atoms with Crippen LogP contribution in [-0.4, -0.2) is 72.3 Å². The van der Waals surface area contributed by atoms with Crippen LogP contribution in [0.25, 0.3) is 10.8 Å². The van der Waals surface area contributed by atoms with Gasteiger partial charge in [0.2, 0.25) is 10.0 Å². The average molecular weight is 455 g/mol. The Kier molecular flexibility index (Phi) is 6.01. The molecule has 2 heterocycles. The minimum atomic E-state index is -3.69. The third-order valence-corrected chi connectivity index (χ3v) is 7.09. The standard InChI is InChI=1S/C21H21N5O5S/c22-20-19(23-7-8-24-20)21(28)31-14-18(27)25-9-11-26(12-10-25)32(29,30)17-6-5-15-3-1-2-4-16(15)13-17/h1-8,13H,9-12,14H2,(H2,22,24). The number of ether oxygens (including phenoxy) is 1. The molecule has 2 aromatic carbocycles. The van der Waals surface area contributed by atoms with Gasteiger partial charge in [-0.3, -0.25) is 4.79 Å². The fraction of sp³-hybridized carbons (Fsp3) is 0.238. The Morgan fingerprint density at radius 1 is 0.969 bits per heavy atom. The molecule has 2 N–H and O–H groups in total. The molecule has 1 aliphatic heterocycles. The van der Waals surface area contributed by atoms with E-state index in [9.17, 15) is 18.0 Å². The van der Waals surface area contributed by atoms with E-state index in [1.807, 2.05) is 24.3 Å². The monoisotopic (exact) mass is 455 g/mol. The van der Waals surface area contributed by atoms with Crippen LogP contribution in [-0.2, 0) is 19.6 Å². The predicted molar refractivity (Wildman–Crippen MR) is 116 cm³/mol. The van der Waals surface area contributed by atoms with Crippen LogP contribution in [0.3, 0.4) is 0 Å². The number of aromatic nitrogens is 2. The molecule has 0 aliphatic carbocycles. The highest BCUT2D eigenvalue weighted by molar-refractivity contribution is 7.89. The lowest BCUT2D eigenvalue weighted by molar-refractivity contribution is -0.135. The van der Waals surface area contributed by atoms with Gasteiger partial charge in [0.05, 0.1) is 4.90 Å². The number of anilines is 1. The lowest BCUT2D eigenvalue weighted by Crippen LogP contribution is -2.51. The Hall–Kier alpha value is -3.57. The van der Waals surface area contributed by atoms with Crippen molar-refractivity contribution >= 4 is 38.5 Å². The van der Waals surface area contributed by atoms with E-state index in [0.29, 0.717) is 0 Å². The Morgan fingerprint density at radius 3 is 2.38 bits per heavy atom. The number of nitrogens with zero attached hydrogens (tertiary/aromatic N) is 4. The first-order valence-corrected chi connectivity index (χ1v) is 11.3. The molecule has 0 saturated carbocycles. The Morgan fingerprint density at radius 2 is 1.66 bits per heavy atom. The van der Waals surface area contributed by atoms with Gasteiger partial charge in [0.25, 0.3) is 5.91 Å². The number of nitrogen functional groups attached to an aromatic ring is 1. The predicted octanol–water partition coefficient (Wildman–Crippen LogP) is 0.902. The van der Waals surface area contributed by atoms with Crippen molar-refractivity contribution in [1.29, 1.82) is 0 Å². The van der Waals surface area contributed by atoms with Gasteiger partial charge in [0.15, 0.2) is 18.1 Å². The number of carbonyl (C=O) groups excluding carboxylic acids is 2. The van der Waals surface area contributed by atoms with Crippen LogP contribution in [0.1, 0.15) is 10.5 Å². The van der Waals surface area contributed by atoms with Crippen molar-refractivity contribution in [1.82, 2.24) is 19.2 Å². The molecule has 1 amide bonds. The first kappa shape index (κ1) is 21.7. The summed E-state index contributed by atoms with van der Waals surface area (Å²) in [4.78, 5) is 33.6. The quantitative estimate of drug-likeness (QED) is 0.561. The van der Waals surface area contributed by atoms with Gasteiger partial charge >= 0.3 is 5.97 Å². The molecule has 10 nitrogen and oxygen atoms in total. The van der Waals surface area contributed by atoms with E-state index in [1.54, 1.807) is 18.2 Å². The number of carbonyl (C=O) groups is 2. The first-order chi connectivity index (χ1) is 15.4. The third-order valence-electron chi connectivity index (χ3n) is 5.20. The minimum Gasteiger partial charge on any atom is -0.451 e. The molecule has 1 aromatic heterocycles. The van der Waals surface area contributed by atoms with Crippen LogP contribution >= 0.6 is 0 Å². The summed E-state index contributed by atoms with van der Waals surface area (Å²) >= 11 is 0. The van der Waals surface area contributed by atoms with E-state index >= 15 is 0 Å². The molecule has 1 fully saturated rings. The van der Waals surface area contributed by atoms with Gasteiger partial charge in [-0.1, -0.05) is 30.3 Å². The number of rotatable bonds is 5. The summed E-state index contributed by atoms with van der Waals surface area (Å²) in [7, 11) is -3.69. The van der Waals surface area contributed by atoms with Crippen LogP contribution in [0.15, 0.2) is 59.8 Å². The van der Waals surface area contributed by atoms with E-state index in [0.717, 1.165) is 10.8 Å². The number of amides is 1. The van der Waals surface area contributed by atoms with E-state index in [-0.39, 0.29) is 42.6 Å². The van der Waals surface area contributed by atoms with Crippen molar-refractivity contribution in [3.8, 4) is 0 Å². The molecule has 32 heavy (non-hydrogen) atoms. The molecule has 0 radical (unpaired) electrons. The molecule has 0 unspecified atom stereocenters. The maximum absolute atomic E-state index is 13.0. The lowest BCUT2D eigenvalue weighted by atomic mass is 10.1. The molecule has 3 aromatic rings. The number of hydrogen-bond donors (Lipinski definition) is 1. The summed E-state index contributed by atoms with van der Waals surface area (Å²) in [6, 6.07) is 12.6. The minimum absolute atomic E-state index is 0.0857. The summed E-state index contributed by atoms with van der Waals surface area (Å²) in [5.74, 6) is -1.36. The highest BCUT2D eigenvalue weighted by atomic mass is 32.2. The summed E-state index contributed by atoms with van der Waals surface area (Å²) in [5.41, 5.74) is 5.41. The third kappa shape index (κ3) is 4.39. The van der Waals surface area contributed by atoms with E-state index in [4.69, 9.17) is 10.5 Å². The smallest absolute Gasteiger partial charge is 0.361 e. The van der Waals surface area contributed by atoms with Gasteiger partial charge in [-0.05, 0) is 22.9 Å². The lowest BCUT2D eigenvalue weighted by Gasteiger charge is -2.33. The second-order valence-electron chi connectivity index (χ2n) is 7.16. The van der Waals surface area contributed by atoms with Crippen LogP contribution < -0.4 is 5.73 Å². The zero-order valence-electron chi connectivity index (χ0n) is 17.0. The molecule has 0 bridgehead atoms. The van der Waals surface area contributed by atoms with Crippen LogP contribution in [0.2, 0.25) is 0 Å². The highest BCUT2D eigenvalue weighted by Crippen LogP contribution is 2.23. The molecular weight excluding hydrogens is 434 g/mol. The normalized spacial score (nSPS) is 14.9. The van der Waals surface area contributed by atoms with Crippen LogP contribution in [0, 0.1) is 0 Å². The highest BCUT2D eigenvalue weighted by Gasteiger charge is 2.30. The van der Waals surface area contributed by atoms with E-state index < -0.39 is 28.5 Å². The van der Waals surface area contributed by atoms with E-state index in [1.165, 1.54) is 21.6 Å². The maximum atomic E-state index is 13.0. The molecule has 4 rings (SSSR count). The Labute approximate surface area is 184 Å². The van der Waals surface area contributed by atoms with Gasteiger partial charge in [0.1, 0.15) is 0 Å².